The van der Waals surface area contributed by atoms with Crippen molar-refractivity contribution in [2.75, 3.05) is 20.3 Å². The second-order valence-corrected chi connectivity index (χ2v) is 4.84. The van der Waals surface area contributed by atoms with Crippen LogP contribution in [0.2, 0.25) is 10.0 Å². The second kappa shape index (κ2) is 5.37. The Labute approximate surface area is 106 Å². The predicted octanol–water partition coefficient (Wildman–Crippen LogP) is 3.22. The number of aryl methyl sites for hydroxylation is 1. The maximum atomic E-state index is 6.23. The van der Waals surface area contributed by atoms with Crippen LogP contribution in [0.3, 0.4) is 0 Å². The molecule has 0 heterocycles. The minimum Gasteiger partial charge on any atom is -0.383 e. The van der Waals surface area contributed by atoms with Gasteiger partial charge in [-0.1, -0.05) is 23.2 Å². The van der Waals surface area contributed by atoms with Crippen molar-refractivity contribution in [3.63, 3.8) is 0 Å². The Kier molecular flexibility index (Phi) is 4.09. The summed E-state index contributed by atoms with van der Waals surface area (Å²) in [6, 6.07) is 4.17. The minimum atomic E-state index is 0.343. The summed E-state index contributed by atoms with van der Waals surface area (Å²) in [6.45, 7) is 1.57. The van der Waals surface area contributed by atoms with E-state index >= 15 is 0 Å². The molecule has 0 aromatic heterocycles. The minimum absolute atomic E-state index is 0.343. The summed E-state index contributed by atoms with van der Waals surface area (Å²) in [5.74, 6) is 0. The van der Waals surface area contributed by atoms with Gasteiger partial charge in [0, 0.05) is 29.7 Å². The SMILES string of the molecule is COCCNC1CCc2cc(Cl)cc(Cl)c21. The number of hydrogen-bond acceptors (Lipinski definition) is 2. The normalized spacial score (nSPS) is 18.8. The summed E-state index contributed by atoms with van der Waals surface area (Å²) in [5.41, 5.74) is 2.48. The van der Waals surface area contributed by atoms with Gasteiger partial charge >= 0.3 is 0 Å². The molecule has 1 aliphatic carbocycles. The van der Waals surface area contributed by atoms with E-state index in [4.69, 9.17) is 27.9 Å². The van der Waals surface area contributed by atoms with Crippen LogP contribution in [-0.4, -0.2) is 20.3 Å². The van der Waals surface area contributed by atoms with Gasteiger partial charge in [-0.3, -0.25) is 0 Å². The number of hydrogen-bond donors (Lipinski definition) is 1. The third-order valence-corrected chi connectivity index (χ3v) is 3.46. The molecule has 2 nitrogen and oxygen atoms in total. The van der Waals surface area contributed by atoms with Crippen LogP contribution in [0.1, 0.15) is 23.6 Å². The third-order valence-electron chi connectivity index (χ3n) is 2.93. The van der Waals surface area contributed by atoms with E-state index in [-0.39, 0.29) is 0 Å². The van der Waals surface area contributed by atoms with E-state index < -0.39 is 0 Å². The first-order valence-electron chi connectivity index (χ1n) is 5.42. The molecule has 0 saturated carbocycles. The molecule has 0 bridgehead atoms. The zero-order valence-corrected chi connectivity index (χ0v) is 10.7. The number of rotatable bonds is 4. The fourth-order valence-electron chi connectivity index (χ4n) is 2.22. The van der Waals surface area contributed by atoms with E-state index in [0.29, 0.717) is 6.04 Å². The van der Waals surface area contributed by atoms with Crippen LogP contribution < -0.4 is 5.32 Å². The van der Waals surface area contributed by atoms with Crippen molar-refractivity contribution in [1.82, 2.24) is 5.32 Å². The van der Waals surface area contributed by atoms with E-state index in [1.807, 2.05) is 12.1 Å². The summed E-state index contributed by atoms with van der Waals surface area (Å²) in [5, 5.41) is 4.94. The molecule has 1 aromatic carbocycles. The molecule has 4 heteroatoms. The summed E-state index contributed by atoms with van der Waals surface area (Å²) >= 11 is 12.2. The fourth-order valence-corrected chi connectivity index (χ4v) is 2.89. The second-order valence-electron chi connectivity index (χ2n) is 4.00. The van der Waals surface area contributed by atoms with Gasteiger partial charge in [0.1, 0.15) is 0 Å². The molecule has 0 spiro atoms. The van der Waals surface area contributed by atoms with Gasteiger partial charge in [0.05, 0.1) is 6.61 Å². The molecule has 0 aliphatic heterocycles. The zero-order valence-electron chi connectivity index (χ0n) is 9.22. The molecule has 0 radical (unpaired) electrons. The molecule has 1 aliphatic rings. The van der Waals surface area contributed by atoms with Gasteiger partial charge in [-0.05, 0) is 36.1 Å². The first-order chi connectivity index (χ1) is 7.72. The van der Waals surface area contributed by atoms with Crippen LogP contribution in [-0.2, 0) is 11.2 Å². The first kappa shape index (κ1) is 12.2. The van der Waals surface area contributed by atoms with Gasteiger partial charge in [0.25, 0.3) is 0 Å². The largest absolute Gasteiger partial charge is 0.383 e. The van der Waals surface area contributed by atoms with Crippen molar-refractivity contribution < 1.29 is 4.74 Å². The number of benzene rings is 1. The molecule has 0 fully saturated rings. The highest BCUT2D eigenvalue weighted by Gasteiger charge is 2.24. The summed E-state index contributed by atoms with van der Waals surface area (Å²) in [4.78, 5) is 0. The molecule has 2 rings (SSSR count). The van der Waals surface area contributed by atoms with Crippen LogP contribution in [0.5, 0.6) is 0 Å². The maximum Gasteiger partial charge on any atom is 0.0587 e. The van der Waals surface area contributed by atoms with Crippen molar-refractivity contribution in [3.05, 3.63) is 33.3 Å². The van der Waals surface area contributed by atoms with Crippen LogP contribution in [0.25, 0.3) is 0 Å². The van der Waals surface area contributed by atoms with Crippen molar-refractivity contribution in [2.45, 2.75) is 18.9 Å². The Balaban J connectivity index is 2.13. The summed E-state index contributed by atoms with van der Waals surface area (Å²) < 4.78 is 5.02. The number of methoxy groups -OCH3 is 1. The Morgan fingerprint density at radius 3 is 3.00 bits per heavy atom. The Morgan fingerprint density at radius 2 is 2.25 bits per heavy atom. The highest BCUT2D eigenvalue weighted by atomic mass is 35.5. The van der Waals surface area contributed by atoms with Crippen LogP contribution in [0.15, 0.2) is 12.1 Å². The molecule has 1 N–H and O–H groups in total. The lowest BCUT2D eigenvalue weighted by Gasteiger charge is -2.15. The van der Waals surface area contributed by atoms with Gasteiger partial charge in [-0.25, -0.2) is 0 Å². The van der Waals surface area contributed by atoms with Gasteiger partial charge in [-0.15, -0.1) is 0 Å². The lowest BCUT2D eigenvalue weighted by Crippen LogP contribution is -2.23. The smallest absolute Gasteiger partial charge is 0.0587 e. The number of nitrogens with one attached hydrogen (secondary N) is 1. The Bertz CT molecular complexity index is 382. The fraction of sp³-hybridized carbons (Fsp3) is 0.500. The molecule has 0 saturated heterocycles. The average Bonchev–Trinajstić information content (AvgIpc) is 2.62. The molecule has 0 amide bonds. The van der Waals surface area contributed by atoms with E-state index in [1.165, 1.54) is 11.1 Å². The first-order valence-corrected chi connectivity index (χ1v) is 6.18. The van der Waals surface area contributed by atoms with Gasteiger partial charge < -0.3 is 10.1 Å². The monoisotopic (exact) mass is 259 g/mol. The molecule has 88 valence electrons. The molecular formula is C12H15Cl2NO. The quantitative estimate of drug-likeness (QED) is 0.839. The summed E-state index contributed by atoms with van der Waals surface area (Å²) in [7, 11) is 1.71. The predicted molar refractivity (Wildman–Crippen MR) is 67.4 cm³/mol. The van der Waals surface area contributed by atoms with E-state index in [0.717, 1.165) is 36.0 Å². The zero-order chi connectivity index (χ0) is 11.5. The van der Waals surface area contributed by atoms with Crippen LogP contribution in [0, 0.1) is 0 Å². The molecule has 16 heavy (non-hydrogen) atoms. The Hall–Kier alpha value is -0.280. The molecular weight excluding hydrogens is 245 g/mol. The highest BCUT2D eigenvalue weighted by Crippen LogP contribution is 2.38. The highest BCUT2D eigenvalue weighted by molar-refractivity contribution is 6.35. The third kappa shape index (κ3) is 2.51. The van der Waals surface area contributed by atoms with E-state index in [9.17, 15) is 0 Å². The van der Waals surface area contributed by atoms with Crippen molar-refractivity contribution in [1.29, 1.82) is 0 Å². The van der Waals surface area contributed by atoms with Crippen molar-refractivity contribution in [2.24, 2.45) is 0 Å². The number of halogens is 2. The van der Waals surface area contributed by atoms with Gasteiger partial charge in [0.2, 0.25) is 0 Å². The van der Waals surface area contributed by atoms with E-state index in [2.05, 4.69) is 5.32 Å². The molecule has 1 atom stereocenters. The Morgan fingerprint density at radius 1 is 1.44 bits per heavy atom. The van der Waals surface area contributed by atoms with Crippen LogP contribution in [0.4, 0.5) is 0 Å². The van der Waals surface area contributed by atoms with Crippen molar-refractivity contribution in [3.8, 4) is 0 Å². The topological polar surface area (TPSA) is 21.3 Å². The molecule has 1 unspecified atom stereocenters. The van der Waals surface area contributed by atoms with Crippen LogP contribution >= 0.6 is 23.2 Å². The summed E-state index contributed by atoms with van der Waals surface area (Å²) in [6.07, 6.45) is 2.12. The standard InChI is InChI=1S/C12H15Cl2NO/c1-16-5-4-15-11-3-2-8-6-9(13)7-10(14)12(8)11/h6-7,11,15H,2-5H2,1H3. The maximum absolute atomic E-state index is 6.23. The van der Waals surface area contributed by atoms with Crippen molar-refractivity contribution >= 4 is 23.2 Å². The molecule has 1 aromatic rings. The number of ether oxygens (including phenoxy) is 1. The lowest BCUT2D eigenvalue weighted by molar-refractivity contribution is 0.195. The number of fused-ring (bicyclic) bond motifs is 1. The average molecular weight is 260 g/mol. The lowest BCUT2D eigenvalue weighted by atomic mass is 10.1. The van der Waals surface area contributed by atoms with Gasteiger partial charge in [0.15, 0.2) is 0 Å². The van der Waals surface area contributed by atoms with E-state index in [1.54, 1.807) is 7.11 Å². The van der Waals surface area contributed by atoms with Gasteiger partial charge in [-0.2, -0.15) is 0 Å².